The highest BCUT2D eigenvalue weighted by molar-refractivity contribution is 7.89. The molecule has 9 heteroatoms. The number of hydrogen-bond acceptors (Lipinski definition) is 5. The molecule has 168 valence electrons. The fourth-order valence-corrected chi connectivity index (χ4v) is 4.42. The van der Waals surface area contributed by atoms with Gasteiger partial charge in [-0.15, -0.1) is 0 Å². The SMILES string of the molecule is CN(Cc1ccccc1)S(=O)(=O)c1ccc(Cl)c(C(=O)OCCOc2cccc(Cl)c2)c1. The van der Waals surface area contributed by atoms with Crippen LogP contribution in [-0.4, -0.2) is 39.0 Å². The van der Waals surface area contributed by atoms with Crippen molar-refractivity contribution < 1.29 is 22.7 Å². The van der Waals surface area contributed by atoms with Crippen molar-refractivity contribution in [1.29, 1.82) is 0 Å². The molecule has 3 aromatic carbocycles. The van der Waals surface area contributed by atoms with Crippen LogP contribution in [0.5, 0.6) is 5.75 Å². The molecule has 3 rings (SSSR count). The van der Waals surface area contributed by atoms with Gasteiger partial charge in [-0.25, -0.2) is 13.2 Å². The molecule has 0 N–H and O–H groups in total. The van der Waals surface area contributed by atoms with Crippen LogP contribution in [0, 0.1) is 0 Å². The van der Waals surface area contributed by atoms with Gasteiger partial charge in [0.1, 0.15) is 19.0 Å². The second-order valence-corrected chi connectivity index (χ2v) is 9.72. The summed E-state index contributed by atoms with van der Waals surface area (Å²) < 4.78 is 37.8. The van der Waals surface area contributed by atoms with E-state index in [9.17, 15) is 13.2 Å². The molecular weight excluding hydrogens is 473 g/mol. The van der Waals surface area contributed by atoms with Gasteiger partial charge in [-0.3, -0.25) is 0 Å². The molecule has 0 atom stereocenters. The highest BCUT2D eigenvalue weighted by atomic mass is 35.5. The molecular formula is C23H21Cl2NO5S. The highest BCUT2D eigenvalue weighted by Gasteiger charge is 2.24. The molecule has 0 saturated heterocycles. The number of rotatable bonds is 9. The van der Waals surface area contributed by atoms with Gasteiger partial charge in [-0.2, -0.15) is 4.31 Å². The number of hydrogen-bond donors (Lipinski definition) is 0. The Labute approximate surface area is 197 Å². The molecule has 0 radical (unpaired) electrons. The number of nitrogens with zero attached hydrogens (tertiary/aromatic N) is 1. The van der Waals surface area contributed by atoms with E-state index in [1.54, 1.807) is 24.3 Å². The summed E-state index contributed by atoms with van der Waals surface area (Å²) in [5.74, 6) is -0.200. The van der Waals surface area contributed by atoms with Crippen molar-refractivity contribution in [3.05, 3.63) is 94.0 Å². The third-order valence-corrected chi connectivity index (χ3v) is 6.86. The minimum atomic E-state index is -3.85. The normalized spacial score (nSPS) is 11.4. The van der Waals surface area contributed by atoms with Crippen LogP contribution in [0.1, 0.15) is 15.9 Å². The third kappa shape index (κ3) is 6.23. The zero-order valence-electron chi connectivity index (χ0n) is 17.2. The maximum atomic E-state index is 13.0. The summed E-state index contributed by atoms with van der Waals surface area (Å²) in [5.41, 5.74) is 0.801. The molecule has 0 unspecified atom stereocenters. The Hall–Kier alpha value is -2.58. The Morgan fingerprint density at radius 3 is 2.41 bits per heavy atom. The van der Waals surface area contributed by atoms with Crippen molar-refractivity contribution in [3.63, 3.8) is 0 Å². The number of sulfonamides is 1. The van der Waals surface area contributed by atoms with Crippen LogP contribution in [0.15, 0.2) is 77.7 Å². The van der Waals surface area contributed by atoms with Crippen LogP contribution in [-0.2, 0) is 21.3 Å². The van der Waals surface area contributed by atoms with E-state index in [1.165, 1.54) is 29.6 Å². The van der Waals surface area contributed by atoms with Crippen molar-refractivity contribution in [3.8, 4) is 5.75 Å². The molecule has 0 fully saturated rings. The van der Waals surface area contributed by atoms with Crippen LogP contribution in [0.2, 0.25) is 10.0 Å². The van der Waals surface area contributed by atoms with Gasteiger partial charge >= 0.3 is 5.97 Å². The first-order chi connectivity index (χ1) is 15.3. The fourth-order valence-electron chi connectivity index (χ4n) is 2.86. The van der Waals surface area contributed by atoms with Crippen LogP contribution in [0.25, 0.3) is 0 Å². The van der Waals surface area contributed by atoms with Gasteiger partial charge in [-0.1, -0.05) is 59.6 Å². The summed E-state index contributed by atoms with van der Waals surface area (Å²) in [6.07, 6.45) is 0. The summed E-state index contributed by atoms with van der Waals surface area (Å²) >= 11 is 12.0. The fraction of sp³-hybridized carbons (Fsp3) is 0.174. The van der Waals surface area contributed by atoms with Crippen LogP contribution in [0.3, 0.4) is 0 Å². The molecule has 0 aliphatic carbocycles. The minimum absolute atomic E-state index is 0.0383. The van der Waals surface area contributed by atoms with E-state index in [0.29, 0.717) is 10.8 Å². The summed E-state index contributed by atoms with van der Waals surface area (Å²) in [4.78, 5) is 12.4. The van der Waals surface area contributed by atoms with E-state index in [4.69, 9.17) is 32.7 Å². The molecule has 3 aromatic rings. The molecule has 0 aromatic heterocycles. The predicted octanol–water partition coefficient (Wildman–Crippen LogP) is 5.05. The summed E-state index contributed by atoms with van der Waals surface area (Å²) in [6.45, 7) is 0.237. The molecule has 0 heterocycles. The van der Waals surface area contributed by atoms with E-state index in [1.807, 2.05) is 30.3 Å². The van der Waals surface area contributed by atoms with E-state index < -0.39 is 16.0 Å². The van der Waals surface area contributed by atoms with Gasteiger partial charge in [-0.05, 0) is 42.0 Å². The molecule has 6 nitrogen and oxygen atoms in total. The van der Waals surface area contributed by atoms with Gasteiger partial charge < -0.3 is 9.47 Å². The van der Waals surface area contributed by atoms with Crippen molar-refractivity contribution in [2.24, 2.45) is 0 Å². The summed E-state index contributed by atoms with van der Waals surface area (Å²) in [6, 6.07) is 20.0. The quantitative estimate of drug-likeness (QED) is 0.308. The first-order valence-corrected chi connectivity index (χ1v) is 11.8. The average molecular weight is 494 g/mol. The lowest BCUT2D eigenvalue weighted by Gasteiger charge is -2.18. The second-order valence-electron chi connectivity index (χ2n) is 6.83. The number of halogens is 2. The molecule has 0 aliphatic rings. The van der Waals surface area contributed by atoms with Crippen LogP contribution >= 0.6 is 23.2 Å². The van der Waals surface area contributed by atoms with Crippen molar-refractivity contribution >= 4 is 39.2 Å². The first kappa shape index (κ1) is 24.1. The average Bonchev–Trinajstić information content (AvgIpc) is 2.77. The van der Waals surface area contributed by atoms with Gasteiger partial charge in [0.05, 0.1) is 15.5 Å². The van der Waals surface area contributed by atoms with E-state index >= 15 is 0 Å². The molecule has 0 bridgehead atoms. The number of carbonyl (C=O) groups excluding carboxylic acids is 1. The van der Waals surface area contributed by atoms with Gasteiger partial charge in [0.2, 0.25) is 10.0 Å². The highest BCUT2D eigenvalue weighted by Crippen LogP contribution is 2.24. The maximum absolute atomic E-state index is 13.0. The second kappa shape index (κ2) is 10.8. The van der Waals surface area contributed by atoms with E-state index in [0.717, 1.165) is 5.56 Å². The van der Waals surface area contributed by atoms with Crippen LogP contribution in [0.4, 0.5) is 0 Å². The molecule has 0 aliphatic heterocycles. The number of ether oxygens (including phenoxy) is 2. The first-order valence-electron chi connectivity index (χ1n) is 9.62. The van der Waals surface area contributed by atoms with Gasteiger partial charge in [0.15, 0.2) is 0 Å². The number of benzene rings is 3. The zero-order valence-corrected chi connectivity index (χ0v) is 19.5. The third-order valence-electron chi connectivity index (χ3n) is 4.50. The molecule has 0 amide bonds. The van der Waals surface area contributed by atoms with Crippen LogP contribution < -0.4 is 4.74 Å². The Morgan fingerprint density at radius 1 is 0.938 bits per heavy atom. The van der Waals surface area contributed by atoms with Gasteiger partial charge in [0, 0.05) is 18.6 Å². The largest absolute Gasteiger partial charge is 0.490 e. The Kier molecular flexibility index (Phi) is 8.15. The predicted molar refractivity (Wildman–Crippen MR) is 124 cm³/mol. The number of carbonyl (C=O) groups is 1. The van der Waals surface area contributed by atoms with Crippen molar-refractivity contribution in [2.45, 2.75) is 11.4 Å². The molecule has 32 heavy (non-hydrogen) atoms. The monoisotopic (exact) mass is 493 g/mol. The smallest absolute Gasteiger partial charge is 0.339 e. The van der Waals surface area contributed by atoms with E-state index in [-0.39, 0.29) is 35.2 Å². The molecule has 0 spiro atoms. The lowest BCUT2D eigenvalue weighted by Crippen LogP contribution is -2.26. The Bertz CT molecular complexity index is 1190. The standard InChI is InChI=1S/C23H21Cl2NO5S/c1-26(16-17-6-3-2-4-7-17)32(28,29)20-10-11-22(25)21(15-20)23(27)31-13-12-30-19-9-5-8-18(24)14-19/h2-11,14-15H,12-13,16H2,1H3. The Balaban J connectivity index is 1.65. The molecule has 0 saturated carbocycles. The zero-order chi connectivity index (χ0) is 23.1. The lowest BCUT2D eigenvalue weighted by molar-refractivity contribution is 0.0450. The number of esters is 1. The van der Waals surface area contributed by atoms with E-state index in [2.05, 4.69) is 0 Å². The topological polar surface area (TPSA) is 72.9 Å². The lowest BCUT2D eigenvalue weighted by atomic mass is 10.2. The van der Waals surface area contributed by atoms with Gasteiger partial charge in [0.25, 0.3) is 0 Å². The summed E-state index contributed by atoms with van der Waals surface area (Å²) in [5, 5.41) is 0.622. The minimum Gasteiger partial charge on any atom is -0.490 e. The maximum Gasteiger partial charge on any atom is 0.339 e. The van der Waals surface area contributed by atoms with Crippen molar-refractivity contribution in [1.82, 2.24) is 4.31 Å². The van der Waals surface area contributed by atoms with Crippen molar-refractivity contribution in [2.75, 3.05) is 20.3 Å². The Morgan fingerprint density at radius 2 is 1.69 bits per heavy atom. The summed E-state index contributed by atoms with van der Waals surface area (Å²) in [7, 11) is -2.37.